The fourth-order valence-corrected chi connectivity index (χ4v) is 1.34. The molecule has 0 aliphatic carbocycles. The smallest absolute Gasteiger partial charge is 0.404 e. The molecule has 0 spiro atoms. The van der Waals surface area contributed by atoms with Crippen molar-refractivity contribution >= 4 is 12.7 Å². The van der Waals surface area contributed by atoms with Gasteiger partial charge >= 0.3 is 7.12 Å². The summed E-state index contributed by atoms with van der Waals surface area (Å²) < 4.78 is 13.4. The minimum atomic E-state index is -0.368. The van der Waals surface area contributed by atoms with Crippen molar-refractivity contribution in [2.45, 2.75) is 46.3 Å². The average Bonchev–Trinajstić information content (AvgIpc) is 2.46. The highest BCUT2D eigenvalue weighted by Gasteiger charge is 2.30. The van der Waals surface area contributed by atoms with Crippen LogP contribution in [0, 0.1) is 0 Å². The third-order valence-electron chi connectivity index (χ3n) is 1.96. The lowest BCUT2D eigenvalue weighted by molar-refractivity contribution is 0.0749. The van der Waals surface area contributed by atoms with Crippen LogP contribution in [-0.4, -0.2) is 28.6 Å². The largest absolute Gasteiger partial charge is 0.513 e. The standard InChI is InChI=1S/C11H21BN2O2/c1-9(2)15-12(16-11(3,4)5)10-7-8-13-14(10)6/h7-9H,1-6H3. The van der Waals surface area contributed by atoms with Crippen LogP contribution >= 0.6 is 0 Å². The highest BCUT2D eigenvalue weighted by molar-refractivity contribution is 6.60. The van der Waals surface area contributed by atoms with Crippen molar-refractivity contribution in [3.63, 3.8) is 0 Å². The van der Waals surface area contributed by atoms with Gasteiger partial charge < -0.3 is 9.31 Å². The molecular weight excluding hydrogens is 203 g/mol. The van der Waals surface area contributed by atoms with Gasteiger partial charge in [0, 0.05) is 24.9 Å². The first-order valence-corrected chi connectivity index (χ1v) is 5.61. The lowest BCUT2D eigenvalue weighted by atomic mass is 9.82. The van der Waals surface area contributed by atoms with E-state index in [1.807, 2.05) is 47.7 Å². The zero-order valence-electron chi connectivity index (χ0n) is 11.0. The van der Waals surface area contributed by atoms with Gasteiger partial charge in [0.05, 0.1) is 5.59 Å². The normalized spacial score (nSPS) is 12.2. The van der Waals surface area contributed by atoms with E-state index >= 15 is 0 Å². The van der Waals surface area contributed by atoms with Crippen LogP contribution in [0.15, 0.2) is 12.3 Å². The number of aryl methyl sites for hydroxylation is 1. The summed E-state index contributed by atoms with van der Waals surface area (Å²) in [4.78, 5) is 0. The first-order valence-electron chi connectivity index (χ1n) is 5.61. The number of hydrogen-bond donors (Lipinski definition) is 0. The van der Waals surface area contributed by atoms with Gasteiger partial charge in [0.25, 0.3) is 0 Å². The molecule has 4 nitrogen and oxygen atoms in total. The molecule has 0 aliphatic heterocycles. The Bertz CT molecular complexity index is 331. The summed E-state index contributed by atoms with van der Waals surface area (Å²) in [5.41, 5.74) is 0.688. The van der Waals surface area contributed by atoms with Crippen molar-refractivity contribution in [1.82, 2.24) is 9.78 Å². The van der Waals surface area contributed by atoms with Gasteiger partial charge in [-0.1, -0.05) is 0 Å². The predicted molar refractivity (Wildman–Crippen MR) is 65.7 cm³/mol. The highest BCUT2D eigenvalue weighted by Crippen LogP contribution is 2.10. The summed E-state index contributed by atoms with van der Waals surface area (Å²) in [5.74, 6) is 0. The van der Waals surface area contributed by atoms with Gasteiger partial charge in [-0.2, -0.15) is 5.10 Å². The van der Waals surface area contributed by atoms with Crippen LogP contribution in [-0.2, 0) is 16.4 Å². The Kier molecular flexibility index (Phi) is 4.16. The van der Waals surface area contributed by atoms with Crippen LogP contribution in [0.5, 0.6) is 0 Å². The van der Waals surface area contributed by atoms with Crippen LogP contribution < -0.4 is 5.59 Å². The molecule has 90 valence electrons. The van der Waals surface area contributed by atoms with Gasteiger partial charge in [0.1, 0.15) is 0 Å². The minimum absolute atomic E-state index is 0.113. The number of nitrogens with zero attached hydrogens (tertiary/aromatic N) is 2. The zero-order valence-corrected chi connectivity index (χ0v) is 11.0. The van der Waals surface area contributed by atoms with E-state index in [-0.39, 0.29) is 18.8 Å². The van der Waals surface area contributed by atoms with Crippen LogP contribution in [0.2, 0.25) is 0 Å². The maximum atomic E-state index is 5.89. The van der Waals surface area contributed by atoms with Crippen molar-refractivity contribution in [2.75, 3.05) is 0 Å². The SMILES string of the molecule is CC(C)OB(OC(C)(C)C)c1ccnn1C. The maximum Gasteiger partial charge on any atom is 0.513 e. The molecule has 1 aromatic rings. The molecule has 0 fully saturated rings. The Balaban J connectivity index is 2.84. The van der Waals surface area contributed by atoms with Gasteiger partial charge in [-0.15, -0.1) is 0 Å². The molecule has 0 saturated carbocycles. The first-order chi connectivity index (χ1) is 7.29. The van der Waals surface area contributed by atoms with Crippen molar-refractivity contribution < 1.29 is 9.31 Å². The molecule has 0 N–H and O–H groups in total. The maximum absolute atomic E-state index is 5.89. The monoisotopic (exact) mass is 224 g/mol. The number of hydrogen-bond acceptors (Lipinski definition) is 3. The van der Waals surface area contributed by atoms with Gasteiger partial charge in [0.15, 0.2) is 0 Å². The molecule has 0 atom stereocenters. The summed E-state index contributed by atoms with van der Waals surface area (Å²) in [7, 11) is 1.52. The Hall–Kier alpha value is -0.805. The molecular formula is C11H21BN2O2. The highest BCUT2D eigenvalue weighted by atomic mass is 16.6. The third-order valence-corrected chi connectivity index (χ3v) is 1.96. The zero-order chi connectivity index (χ0) is 12.3. The fraction of sp³-hybridized carbons (Fsp3) is 0.727. The third kappa shape index (κ3) is 3.98. The molecule has 1 heterocycles. The lowest BCUT2D eigenvalue weighted by Crippen LogP contribution is -2.47. The van der Waals surface area contributed by atoms with Crippen molar-refractivity contribution in [3.05, 3.63) is 12.3 Å². The molecule has 0 radical (unpaired) electrons. The predicted octanol–water partition coefficient (Wildman–Crippen LogP) is 1.36. The molecule has 0 aromatic carbocycles. The van der Waals surface area contributed by atoms with Crippen LogP contribution in [0.4, 0.5) is 0 Å². The van der Waals surface area contributed by atoms with Crippen LogP contribution in [0.3, 0.4) is 0 Å². The fourth-order valence-electron chi connectivity index (χ4n) is 1.34. The Morgan fingerprint density at radius 3 is 2.38 bits per heavy atom. The molecule has 0 unspecified atom stereocenters. The summed E-state index contributed by atoms with van der Waals surface area (Å²) in [6.07, 6.45) is 1.86. The van der Waals surface area contributed by atoms with E-state index < -0.39 is 0 Å². The summed E-state index contributed by atoms with van der Waals surface area (Å²) in [5, 5.41) is 4.13. The average molecular weight is 224 g/mol. The van der Waals surface area contributed by atoms with E-state index in [1.54, 1.807) is 10.9 Å². The Labute approximate surface area is 98.1 Å². The topological polar surface area (TPSA) is 36.3 Å². The second kappa shape index (κ2) is 5.02. The van der Waals surface area contributed by atoms with E-state index in [4.69, 9.17) is 9.31 Å². The lowest BCUT2D eigenvalue weighted by Gasteiger charge is -2.26. The Morgan fingerprint density at radius 2 is 2.00 bits per heavy atom. The minimum Gasteiger partial charge on any atom is -0.404 e. The van der Waals surface area contributed by atoms with E-state index in [0.717, 1.165) is 5.59 Å². The van der Waals surface area contributed by atoms with E-state index in [0.29, 0.717) is 0 Å². The van der Waals surface area contributed by atoms with Crippen molar-refractivity contribution in [2.24, 2.45) is 7.05 Å². The molecule has 1 rings (SSSR count). The summed E-state index contributed by atoms with van der Waals surface area (Å²) >= 11 is 0. The quantitative estimate of drug-likeness (QED) is 0.724. The molecule has 1 aromatic heterocycles. The molecule has 5 heteroatoms. The van der Waals surface area contributed by atoms with E-state index in [1.165, 1.54) is 0 Å². The number of rotatable bonds is 4. The van der Waals surface area contributed by atoms with Gasteiger partial charge in [-0.25, -0.2) is 0 Å². The van der Waals surface area contributed by atoms with Gasteiger partial charge in [0.2, 0.25) is 0 Å². The van der Waals surface area contributed by atoms with Crippen molar-refractivity contribution in [3.8, 4) is 0 Å². The summed E-state index contributed by atoms with van der Waals surface area (Å²) in [6.45, 7) is 10.0. The molecule has 0 bridgehead atoms. The van der Waals surface area contributed by atoms with Crippen LogP contribution in [0.1, 0.15) is 34.6 Å². The first kappa shape index (κ1) is 13.3. The summed E-state index contributed by atoms with van der Waals surface area (Å²) in [6, 6.07) is 1.92. The molecule has 0 aliphatic rings. The Morgan fingerprint density at radius 1 is 1.38 bits per heavy atom. The second-order valence-corrected chi connectivity index (χ2v) is 5.13. The second-order valence-electron chi connectivity index (χ2n) is 5.13. The van der Waals surface area contributed by atoms with Crippen LogP contribution in [0.25, 0.3) is 0 Å². The number of aromatic nitrogens is 2. The van der Waals surface area contributed by atoms with Gasteiger partial charge in [-0.05, 0) is 40.7 Å². The molecule has 0 saturated heterocycles. The molecule has 16 heavy (non-hydrogen) atoms. The van der Waals surface area contributed by atoms with Gasteiger partial charge in [-0.3, -0.25) is 4.68 Å². The van der Waals surface area contributed by atoms with Crippen molar-refractivity contribution in [1.29, 1.82) is 0 Å². The van der Waals surface area contributed by atoms with E-state index in [2.05, 4.69) is 5.10 Å². The molecule has 0 amide bonds. The van der Waals surface area contributed by atoms with E-state index in [9.17, 15) is 0 Å².